The van der Waals surface area contributed by atoms with Gasteiger partial charge in [0, 0.05) is 15.7 Å². The van der Waals surface area contributed by atoms with E-state index in [9.17, 15) is 26.4 Å². The third kappa shape index (κ3) is 5.75. The number of benzene rings is 2. The zero-order valence-corrected chi connectivity index (χ0v) is 14.9. The topological polar surface area (TPSA) is 75.3 Å². The van der Waals surface area contributed by atoms with Crippen molar-refractivity contribution in [1.29, 1.82) is 0 Å². The van der Waals surface area contributed by atoms with Gasteiger partial charge in [-0.25, -0.2) is 8.42 Å². The molecule has 5 nitrogen and oxygen atoms in total. The lowest BCUT2D eigenvalue weighted by Crippen LogP contribution is -2.33. The van der Waals surface area contributed by atoms with Crippen LogP contribution in [0.15, 0.2) is 57.9 Å². The third-order valence-corrected chi connectivity index (χ3v) is 4.80. The van der Waals surface area contributed by atoms with Crippen molar-refractivity contribution >= 4 is 37.5 Å². The summed E-state index contributed by atoms with van der Waals surface area (Å²) in [5.41, 5.74) is 0.0997. The number of amides is 1. The van der Waals surface area contributed by atoms with Gasteiger partial charge in [-0.2, -0.15) is 13.2 Å². The highest BCUT2D eigenvalue weighted by atomic mass is 79.9. The van der Waals surface area contributed by atoms with Crippen molar-refractivity contribution in [3.63, 3.8) is 0 Å². The van der Waals surface area contributed by atoms with Crippen LogP contribution in [0, 0.1) is 0 Å². The number of hydrogen-bond acceptors (Lipinski definition) is 3. The Kier molecular flexibility index (Phi) is 5.73. The molecule has 10 heteroatoms. The highest BCUT2D eigenvalue weighted by Gasteiger charge is 2.28. The maximum atomic E-state index is 12.4. The summed E-state index contributed by atoms with van der Waals surface area (Å²) in [5, 5.41) is 1.69. The number of halogens is 4. The number of anilines is 1. The summed E-state index contributed by atoms with van der Waals surface area (Å²) in [6, 6.07) is 11.2. The van der Waals surface area contributed by atoms with E-state index in [4.69, 9.17) is 0 Å². The van der Waals surface area contributed by atoms with E-state index >= 15 is 0 Å². The van der Waals surface area contributed by atoms with E-state index in [1.165, 1.54) is 30.3 Å². The lowest BCUT2D eigenvalue weighted by atomic mass is 10.2. The SMILES string of the molecule is O=C(NCC(F)(F)F)c1cccc(S(=O)(=O)Nc2cccc(Br)c2)c1. The average Bonchev–Trinajstić information content (AvgIpc) is 2.51. The molecule has 0 saturated heterocycles. The number of carbonyl (C=O) groups is 1. The fourth-order valence-electron chi connectivity index (χ4n) is 1.85. The molecule has 0 saturated carbocycles. The smallest absolute Gasteiger partial charge is 0.343 e. The maximum Gasteiger partial charge on any atom is 0.405 e. The molecule has 2 aromatic rings. The molecule has 134 valence electrons. The molecule has 25 heavy (non-hydrogen) atoms. The molecule has 2 rings (SSSR count). The first-order valence-corrected chi connectivity index (χ1v) is 9.08. The zero-order chi connectivity index (χ0) is 18.7. The van der Waals surface area contributed by atoms with Gasteiger partial charge in [0.25, 0.3) is 15.9 Å². The molecule has 0 aliphatic carbocycles. The van der Waals surface area contributed by atoms with E-state index in [1.54, 1.807) is 17.4 Å². The Hall–Kier alpha value is -2.07. The van der Waals surface area contributed by atoms with Gasteiger partial charge in [0.05, 0.1) is 4.90 Å². The monoisotopic (exact) mass is 436 g/mol. The minimum Gasteiger partial charge on any atom is -0.343 e. The molecule has 0 aliphatic rings. The van der Waals surface area contributed by atoms with Gasteiger partial charge in [-0.15, -0.1) is 0 Å². The maximum absolute atomic E-state index is 12.4. The number of hydrogen-bond donors (Lipinski definition) is 2. The minimum absolute atomic E-state index is 0.193. The van der Waals surface area contributed by atoms with Crippen molar-refractivity contribution in [2.24, 2.45) is 0 Å². The lowest BCUT2D eigenvalue weighted by Gasteiger charge is -2.11. The Balaban J connectivity index is 2.20. The number of alkyl halides is 3. The van der Waals surface area contributed by atoms with Crippen LogP contribution < -0.4 is 10.0 Å². The second-order valence-corrected chi connectivity index (χ2v) is 7.54. The van der Waals surface area contributed by atoms with Crippen molar-refractivity contribution < 1.29 is 26.4 Å². The molecular weight excluding hydrogens is 425 g/mol. The summed E-state index contributed by atoms with van der Waals surface area (Å²) < 4.78 is 64.2. The van der Waals surface area contributed by atoms with Crippen LogP contribution in [0.4, 0.5) is 18.9 Å². The molecule has 0 radical (unpaired) electrons. The van der Waals surface area contributed by atoms with E-state index in [0.717, 1.165) is 6.07 Å². The molecule has 1 amide bonds. The second kappa shape index (κ2) is 7.44. The van der Waals surface area contributed by atoms with E-state index in [1.807, 2.05) is 0 Å². The summed E-state index contributed by atoms with van der Waals surface area (Å²) in [6.07, 6.45) is -4.55. The first-order chi connectivity index (χ1) is 11.6. The highest BCUT2D eigenvalue weighted by molar-refractivity contribution is 9.10. The van der Waals surface area contributed by atoms with E-state index in [2.05, 4.69) is 20.7 Å². The van der Waals surface area contributed by atoms with Crippen molar-refractivity contribution in [2.45, 2.75) is 11.1 Å². The molecule has 0 atom stereocenters. The molecule has 0 aromatic heterocycles. The Morgan fingerprint density at radius 3 is 2.40 bits per heavy atom. The van der Waals surface area contributed by atoms with Gasteiger partial charge in [0.2, 0.25) is 0 Å². The molecule has 0 spiro atoms. The van der Waals surface area contributed by atoms with E-state index < -0.39 is 28.7 Å². The number of nitrogens with one attached hydrogen (secondary N) is 2. The quantitative estimate of drug-likeness (QED) is 0.752. The predicted molar refractivity (Wildman–Crippen MR) is 89.8 cm³/mol. The molecule has 0 fully saturated rings. The molecule has 2 N–H and O–H groups in total. The molecule has 0 unspecified atom stereocenters. The Morgan fingerprint density at radius 2 is 1.76 bits per heavy atom. The largest absolute Gasteiger partial charge is 0.405 e. The standard InChI is InChI=1S/C15H12BrF3N2O3S/c16-11-4-2-5-12(8-11)21-25(23,24)13-6-1-3-10(7-13)14(22)20-9-15(17,18)19/h1-8,21H,9H2,(H,20,22). The number of sulfonamides is 1. The summed E-state index contributed by atoms with van der Waals surface area (Å²) >= 11 is 3.21. The van der Waals surface area contributed by atoms with Crippen LogP contribution in [0.3, 0.4) is 0 Å². The van der Waals surface area contributed by atoms with Gasteiger partial charge in [0.1, 0.15) is 6.54 Å². The highest BCUT2D eigenvalue weighted by Crippen LogP contribution is 2.20. The number of carbonyl (C=O) groups excluding carboxylic acids is 1. The number of rotatable bonds is 5. The summed E-state index contributed by atoms with van der Waals surface area (Å²) in [7, 11) is -4.00. The molecule has 0 heterocycles. The van der Waals surface area contributed by atoms with Crippen molar-refractivity contribution in [3.8, 4) is 0 Å². The second-order valence-electron chi connectivity index (χ2n) is 4.94. The first kappa shape index (κ1) is 19.3. The zero-order valence-electron chi connectivity index (χ0n) is 12.5. The predicted octanol–water partition coefficient (Wildman–Crippen LogP) is 3.54. The summed E-state index contributed by atoms with van der Waals surface area (Å²) in [5.74, 6) is -1.02. The van der Waals surface area contributed by atoms with Crippen molar-refractivity contribution in [3.05, 3.63) is 58.6 Å². The van der Waals surface area contributed by atoms with Gasteiger partial charge in [-0.3, -0.25) is 9.52 Å². The molecular formula is C15H12BrF3N2O3S. The Labute approximate surface area is 150 Å². The van der Waals surface area contributed by atoms with Crippen LogP contribution in [-0.4, -0.2) is 27.0 Å². The van der Waals surface area contributed by atoms with Crippen LogP contribution in [-0.2, 0) is 10.0 Å². The first-order valence-electron chi connectivity index (χ1n) is 6.80. The van der Waals surface area contributed by atoms with Gasteiger partial charge in [-0.05, 0) is 36.4 Å². The third-order valence-electron chi connectivity index (χ3n) is 2.93. The van der Waals surface area contributed by atoms with Gasteiger partial charge >= 0.3 is 6.18 Å². The van der Waals surface area contributed by atoms with Crippen LogP contribution in [0.1, 0.15) is 10.4 Å². The fourth-order valence-corrected chi connectivity index (χ4v) is 3.35. The average molecular weight is 437 g/mol. The van der Waals surface area contributed by atoms with E-state index in [-0.39, 0.29) is 10.5 Å². The van der Waals surface area contributed by atoms with Gasteiger partial charge in [-0.1, -0.05) is 28.1 Å². The lowest BCUT2D eigenvalue weighted by molar-refractivity contribution is -0.123. The van der Waals surface area contributed by atoms with Crippen molar-refractivity contribution in [2.75, 3.05) is 11.3 Å². The van der Waals surface area contributed by atoms with Crippen LogP contribution in [0.5, 0.6) is 0 Å². The van der Waals surface area contributed by atoms with Gasteiger partial charge in [0.15, 0.2) is 0 Å². The summed E-state index contributed by atoms with van der Waals surface area (Å²) in [4.78, 5) is 11.5. The Bertz CT molecular complexity index is 886. The Morgan fingerprint density at radius 1 is 1.08 bits per heavy atom. The summed E-state index contributed by atoms with van der Waals surface area (Å²) in [6.45, 7) is -1.50. The van der Waals surface area contributed by atoms with Crippen LogP contribution in [0.25, 0.3) is 0 Å². The van der Waals surface area contributed by atoms with Gasteiger partial charge < -0.3 is 5.32 Å². The molecule has 0 aliphatic heterocycles. The molecule has 2 aromatic carbocycles. The van der Waals surface area contributed by atoms with Crippen LogP contribution >= 0.6 is 15.9 Å². The normalized spacial score (nSPS) is 11.8. The fraction of sp³-hybridized carbons (Fsp3) is 0.133. The molecule has 0 bridgehead atoms. The van der Waals surface area contributed by atoms with E-state index in [0.29, 0.717) is 10.2 Å². The van der Waals surface area contributed by atoms with Crippen LogP contribution in [0.2, 0.25) is 0 Å². The minimum atomic E-state index is -4.55. The van der Waals surface area contributed by atoms with Crippen molar-refractivity contribution in [1.82, 2.24) is 5.32 Å².